The molecule has 1 aromatic carbocycles. The van der Waals surface area contributed by atoms with Crippen molar-refractivity contribution in [3.63, 3.8) is 0 Å². The lowest BCUT2D eigenvalue weighted by Crippen LogP contribution is -3.09. The van der Waals surface area contributed by atoms with Crippen molar-refractivity contribution in [1.82, 2.24) is 10.9 Å². The van der Waals surface area contributed by atoms with Crippen LogP contribution < -0.4 is 15.8 Å². The van der Waals surface area contributed by atoms with E-state index in [2.05, 4.69) is 10.9 Å². The molecule has 2 aromatic rings. The molecule has 0 spiro atoms. The van der Waals surface area contributed by atoms with Crippen LogP contribution in [0.2, 0.25) is 10.0 Å². The zero-order valence-corrected chi connectivity index (χ0v) is 13.9. The molecule has 0 saturated carbocycles. The number of likely N-dealkylation sites (N-methyl/N-ethyl adjacent to an activating group) is 1. The van der Waals surface area contributed by atoms with Gasteiger partial charge in [-0.05, 0) is 24.3 Å². The monoisotopic (exact) mass is 356 g/mol. The van der Waals surface area contributed by atoms with Crippen LogP contribution in [0.5, 0.6) is 0 Å². The fourth-order valence-electron chi connectivity index (χ4n) is 1.97. The molecule has 0 fully saturated rings. The minimum absolute atomic E-state index is 0.127. The van der Waals surface area contributed by atoms with Gasteiger partial charge in [-0.2, -0.15) is 0 Å². The summed E-state index contributed by atoms with van der Waals surface area (Å²) in [6.45, 7) is 0.773. The van der Waals surface area contributed by atoms with Crippen molar-refractivity contribution in [3.8, 4) is 0 Å². The summed E-state index contributed by atoms with van der Waals surface area (Å²) in [7, 11) is 1.86. The van der Waals surface area contributed by atoms with E-state index in [0.717, 1.165) is 10.5 Å². The predicted octanol–water partition coefficient (Wildman–Crippen LogP) is 1.06. The number of furan rings is 1. The second-order valence-electron chi connectivity index (χ2n) is 5.04. The standard InChI is InChI=1S/C15H15Cl2N3O3/c1-20(8-10-4-5-11(16)12(17)7-10)9-14(21)18-19-15(22)13-3-2-6-23-13/h2-7H,8-9H2,1H3,(H,18,21)(H,19,22)/p+1. The average molecular weight is 357 g/mol. The van der Waals surface area contributed by atoms with Crippen LogP contribution >= 0.6 is 23.2 Å². The lowest BCUT2D eigenvalue weighted by molar-refractivity contribution is -0.885. The number of hydrogen-bond acceptors (Lipinski definition) is 3. The SMILES string of the molecule is C[NH+](CC(=O)NNC(=O)c1ccco1)Cc1ccc(Cl)c(Cl)c1. The van der Waals surface area contributed by atoms with E-state index in [-0.39, 0.29) is 18.2 Å². The fraction of sp³-hybridized carbons (Fsp3) is 0.200. The molecule has 1 aromatic heterocycles. The molecular weight excluding hydrogens is 341 g/mol. The Labute approximate surface area is 143 Å². The van der Waals surface area contributed by atoms with Crippen LogP contribution in [0.25, 0.3) is 0 Å². The second kappa shape index (κ2) is 8.01. The maximum absolute atomic E-state index is 11.8. The summed E-state index contributed by atoms with van der Waals surface area (Å²) < 4.78 is 4.92. The third kappa shape index (κ3) is 5.28. The molecule has 23 heavy (non-hydrogen) atoms. The summed E-state index contributed by atoms with van der Waals surface area (Å²) in [5, 5.41) is 0.971. The van der Waals surface area contributed by atoms with Crippen LogP contribution in [0.15, 0.2) is 41.0 Å². The smallest absolute Gasteiger partial charge is 0.305 e. The van der Waals surface area contributed by atoms with Crippen molar-refractivity contribution in [1.29, 1.82) is 0 Å². The molecule has 122 valence electrons. The summed E-state index contributed by atoms with van der Waals surface area (Å²) in [5.41, 5.74) is 5.59. The Balaban J connectivity index is 1.78. The first-order chi connectivity index (χ1) is 11.0. The number of hydrogen-bond donors (Lipinski definition) is 3. The average Bonchev–Trinajstić information content (AvgIpc) is 3.03. The predicted molar refractivity (Wildman–Crippen MR) is 86.2 cm³/mol. The molecule has 0 aliphatic carbocycles. The molecule has 8 heteroatoms. The highest BCUT2D eigenvalue weighted by Crippen LogP contribution is 2.22. The molecule has 2 rings (SSSR count). The van der Waals surface area contributed by atoms with Crippen molar-refractivity contribution in [2.75, 3.05) is 13.6 Å². The third-order valence-electron chi connectivity index (χ3n) is 3.01. The Morgan fingerprint density at radius 1 is 1.17 bits per heavy atom. The number of carbonyl (C=O) groups is 2. The molecule has 3 N–H and O–H groups in total. The van der Waals surface area contributed by atoms with Crippen LogP contribution in [-0.2, 0) is 11.3 Å². The summed E-state index contributed by atoms with van der Waals surface area (Å²) in [6.07, 6.45) is 1.38. The summed E-state index contributed by atoms with van der Waals surface area (Å²) in [5.74, 6) is -0.699. The van der Waals surface area contributed by atoms with Crippen LogP contribution in [0.1, 0.15) is 16.1 Å². The third-order valence-corrected chi connectivity index (χ3v) is 3.75. The van der Waals surface area contributed by atoms with Gasteiger partial charge in [0.1, 0.15) is 6.54 Å². The van der Waals surface area contributed by atoms with E-state index in [9.17, 15) is 9.59 Å². The summed E-state index contributed by atoms with van der Waals surface area (Å²) in [6, 6.07) is 8.43. The Morgan fingerprint density at radius 2 is 1.96 bits per heavy atom. The first kappa shape index (κ1) is 17.3. The van der Waals surface area contributed by atoms with Gasteiger partial charge in [0.15, 0.2) is 12.3 Å². The highest BCUT2D eigenvalue weighted by molar-refractivity contribution is 6.42. The largest absolute Gasteiger partial charge is 0.459 e. The lowest BCUT2D eigenvalue weighted by atomic mass is 10.2. The van der Waals surface area contributed by atoms with E-state index >= 15 is 0 Å². The van der Waals surface area contributed by atoms with E-state index in [1.165, 1.54) is 12.3 Å². The molecule has 0 bridgehead atoms. The number of rotatable bonds is 5. The molecule has 0 radical (unpaired) electrons. The minimum atomic E-state index is -0.509. The van der Waals surface area contributed by atoms with Crippen molar-refractivity contribution in [3.05, 3.63) is 58.0 Å². The van der Waals surface area contributed by atoms with E-state index in [0.29, 0.717) is 16.6 Å². The Kier molecular flexibility index (Phi) is 6.04. The highest BCUT2D eigenvalue weighted by atomic mass is 35.5. The van der Waals surface area contributed by atoms with E-state index in [1.807, 2.05) is 13.1 Å². The van der Waals surface area contributed by atoms with Crippen LogP contribution in [0.3, 0.4) is 0 Å². The minimum Gasteiger partial charge on any atom is -0.459 e. The molecule has 0 aliphatic heterocycles. The first-order valence-electron chi connectivity index (χ1n) is 6.83. The van der Waals surface area contributed by atoms with Gasteiger partial charge < -0.3 is 9.32 Å². The van der Waals surface area contributed by atoms with E-state index in [4.69, 9.17) is 27.6 Å². The molecule has 0 saturated heterocycles. The molecular formula is C15H16Cl2N3O3+. The van der Waals surface area contributed by atoms with Crippen molar-refractivity contribution in [2.24, 2.45) is 0 Å². The summed E-state index contributed by atoms with van der Waals surface area (Å²) >= 11 is 11.8. The quantitative estimate of drug-likeness (QED) is 0.701. The normalized spacial score (nSPS) is 11.8. The topological polar surface area (TPSA) is 75.8 Å². The van der Waals surface area contributed by atoms with Gasteiger partial charge in [0.25, 0.3) is 5.91 Å². The van der Waals surface area contributed by atoms with Gasteiger partial charge in [-0.3, -0.25) is 20.4 Å². The van der Waals surface area contributed by atoms with Crippen molar-refractivity contribution in [2.45, 2.75) is 6.54 Å². The Hall–Kier alpha value is -2.02. The number of benzene rings is 1. The highest BCUT2D eigenvalue weighted by Gasteiger charge is 2.13. The van der Waals surface area contributed by atoms with Crippen molar-refractivity contribution >= 4 is 35.0 Å². The molecule has 1 unspecified atom stereocenters. The lowest BCUT2D eigenvalue weighted by Gasteiger charge is -2.14. The van der Waals surface area contributed by atoms with Crippen LogP contribution in [0.4, 0.5) is 0 Å². The van der Waals surface area contributed by atoms with Crippen molar-refractivity contribution < 1.29 is 18.9 Å². The van der Waals surface area contributed by atoms with E-state index in [1.54, 1.807) is 18.2 Å². The van der Waals surface area contributed by atoms with E-state index < -0.39 is 5.91 Å². The van der Waals surface area contributed by atoms with Crippen LogP contribution in [0, 0.1) is 0 Å². The van der Waals surface area contributed by atoms with Gasteiger partial charge in [-0.25, -0.2) is 0 Å². The zero-order valence-electron chi connectivity index (χ0n) is 12.4. The van der Waals surface area contributed by atoms with Gasteiger partial charge in [0.05, 0.1) is 23.4 Å². The Bertz CT molecular complexity index is 689. The zero-order chi connectivity index (χ0) is 16.8. The molecule has 2 amide bonds. The van der Waals surface area contributed by atoms with Gasteiger partial charge in [0, 0.05) is 5.56 Å². The molecule has 1 atom stereocenters. The molecule has 0 aliphatic rings. The number of nitrogens with one attached hydrogen (secondary N) is 3. The van der Waals surface area contributed by atoms with Gasteiger partial charge in [0.2, 0.25) is 0 Å². The number of amides is 2. The van der Waals surface area contributed by atoms with Gasteiger partial charge >= 0.3 is 5.91 Å². The van der Waals surface area contributed by atoms with Gasteiger partial charge in [-0.1, -0.05) is 29.3 Å². The van der Waals surface area contributed by atoms with Gasteiger partial charge in [-0.15, -0.1) is 0 Å². The number of hydrazine groups is 1. The fourth-order valence-corrected chi connectivity index (χ4v) is 2.30. The number of carbonyl (C=O) groups excluding carboxylic acids is 2. The number of halogens is 2. The summed E-state index contributed by atoms with van der Waals surface area (Å²) in [4.78, 5) is 24.3. The maximum atomic E-state index is 11.8. The van der Waals surface area contributed by atoms with Crippen LogP contribution in [-0.4, -0.2) is 25.4 Å². The first-order valence-corrected chi connectivity index (χ1v) is 7.59. The second-order valence-corrected chi connectivity index (χ2v) is 5.85. The molecule has 6 nitrogen and oxygen atoms in total. The molecule has 1 heterocycles. The maximum Gasteiger partial charge on any atom is 0.305 e. The number of quaternary nitrogens is 1. The Morgan fingerprint density at radius 3 is 2.61 bits per heavy atom.